The number of piperazine rings is 1. The summed E-state index contributed by atoms with van der Waals surface area (Å²) in [5.41, 5.74) is 1.19. The van der Waals surface area contributed by atoms with Crippen molar-refractivity contribution in [2.24, 2.45) is 0 Å². The molecule has 2 unspecified atom stereocenters. The van der Waals surface area contributed by atoms with Crippen LogP contribution in [0.3, 0.4) is 0 Å². The Morgan fingerprint density at radius 1 is 1.25 bits per heavy atom. The van der Waals surface area contributed by atoms with E-state index in [4.69, 9.17) is 4.74 Å². The van der Waals surface area contributed by atoms with Gasteiger partial charge in [0.15, 0.2) is 5.13 Å². The van der Waals surface area contributed by atoms with E-state index >= 15 is 0 Å². The van der Waals surface area contributed by atoms with Crippen molar-refractivity contribution in [1.82, 2.24) is 9.88 Å². The van der Waals surface area contributed by atoms with Crippen LogP contribution < -0.4 is 9.64 Å². The normalized spacial score (nSPS) is 21.9. The first-order chi connectivity index (χ1) is 11.5. The molecule has 0 bridgehead atoms. The van der Waals surface area contributed by atoms with Crippen molar-refractivity contribution in [3.8, 4) is 5.75 Å². The minimum atomic E-state index is 0.483. The average Bonchev–Trinajstić information content (AvgIpc) is 2.98. The Bertz CT molecular complexity index is 666. The first-order valence-electron chi connectivity index (χ1n) is 8.35. The molecule has 0 aliphatic carbocycles. The van der Waals surface area contributed by atoms with E-state index in [0.29, 0.717) is 12.1 Å². The number of thiazole rings is 1. The maximum atomic E-state index is 5.98. The van der Waals surface area contributed by atoms with E-state index in [9.17, 15) is 0 Å². The van der Waals surface area contributed by atoms with Crippen LogP contribution in [-0.4, -0.2) is 48.2 Å². The van der Waals surface area contributed by atoms with E-state index < -0.39 is 0 Å². The highest BCUT2D eigenvalue weighted by Gasteiger charge is 2.30. The monoisotopic (exact) mass is 409 g/mol. The van der Waals surface area contributed by atoms with E-state index in [2.05, 4.69) is 57.6 Å². The number of hydrogen-bond donors (Lipinski definition) is 0. The Hall–Kier alpha value is -1.11. The molecule has 0 spiro atoms. The van der Waals surface area contributed by atoms with Gasteiger partial charge in [-0.15, -0.1) is 0 Å². The highest BCUT2D eigenvalue weighted by Crippen LogP contribution is 2.29. The van der Waals surface area contributed by atoms with Gasteiger partial charge in [0.2, 0.25) is 0 Å². The molecule has 2 heterocycles. The minimum Gasteiger partial charge on any atom is -0.492 e. The largest absolute Gasteiger partial charge is 0.492 e. The Morgan fingerprint density at radius 2 is 1.96 bits per heavy atom. The summed E-state index contributed by atoms with van der Waals surface area (Å²) < 4.78 is 7.07. The van der Waals surface area contributed by atoms with Crippen LogP contribution in [0.2, 0.25) is 0 Å². The van der Waals surface area contributed by atoms with Gasteiger partial charge in [0.25, 0.3) is 0 Å². The van der Waals surface area contributed by atoms with Crippen LogP contribution >= 0.6 is 27.3 Å². The fourth-order valence-electron chi connectivity index (χ4n) is 3.33. The Balaban J connectivity index is 1.55. The second-order valence-electron chi connectivity index (χ2n) is 6.40. The maximum Gasteiger partial charge on any atom is 0.186 e. The van der Waals surface area contributed by atoms with Crippen LogP contribution in [0, 0.1) is 6.92 Å². The molecule has 1 fully saturated rings. The van der Waals surface area contributed by atoms with Gasteiger partial charge in [-0.05, 0) is 48.3 Å². The lowest BCUT2D eigenvalue weighted by Crippen LogP contribution is -2.57. The van der Waals surface area contributed by atoms with Gasteiger partial charge in [0, 0.05) is 31.7 Å². The SMILES string of the molecule is Cc1ccccc1OCCN1C(C)CN(c2ncc(Br)s2)CC1C. The fraction of sp³-hybridized carbons (Fsp3) is 0.500. The smallest absolute Gasteiger partial charge is 0.186 e. The number of halogens is 1. The van der Waals surface area contributed by atoms with Crippen LogP contribution in [0.4, 0.5) is 5.13 Å². The average molecular weight is 410 g/mol. The lowest BCUT2D eigenvalue weighted by atomic mass is 10.1. The first kappa shape index (κ1) is 17.7. The molecule has 2 aromatic rings. The molecule has 1 aliphatic rings. The van der Waals surface area contributed by atoms with Gasteiger partial charge in [0.1, 0.15) is 12.4 Å². The van der Waals surface area contributed by atoms with E-state index in [1.54, 1.807) is 11.3 Å². The second kappa shape index (κ2) is 7.85. The number of rotatable bonds is 5. The van der Waals surface area contributed by atoms with Crippen LogP contribution in [0.5, 0.6) is 5.75 Å². The Morgan fingerprint density at radius 3 is 2.58 bits per heavy atom. The lowest BCUT2D eigenvalue weighted by molar-refractivity contribution is 0.108. The van der Waals surface area contributed by atoms with E-state index in [-0.39, 0.29) is 0 Å². The standard InChI is InChI=1S/C18H24BrN3OS/c1-13-6-4-5-7-16(13)23-9-8-22-14(2)11-21(12-15(22)3)18-20-10-17(19)24-18/h4-7,10,14-15H,8-9,11-12H2,1-3H3. The summed E-state index contributed by atoms with van der Waals surface area (Å²) >= 11 is 5.21. The molecule has 130 valence electrons. The van der Waals surface area contributed by atoms with Gasteiger partial charge in [0.05, 0.1) is 9.98 Å². The fourth-order valence-corrected chi connectivity index (χ4v) is 4.53. The lowest BCUT2D eigenvalue weighted by Gasteiger charge is -2.44. The number of aryl methyl sites for hydroxylation is 1. The van der Waals surface area contributed by atoms with Crippen molar-refractivity contribution in [3.63, 3.8) is 0 Å². The molecule has 3 rings (SSSR count). The van der Waals surface area contributed by atoms with Gasteiger partial charge in [-0.1, -0.05) is 29.5 Å². The van der Waals surface area contributed by atoms with Crippen LogP contribution in [-0.2, 0) is 0 Å². The summed E-state index contributed by atoms with van der Waals surface area (Å²) in [6.45, 7) is 10.4. The number of benzene rings is 1. The van der Waals surface area contributed by atoms with Crippen molar-refractivity contribution in [2.75, 3.05) is 31.1 Å². The zero-order valence-corrected chi connectivity index (χ0v) is 16.8. The zero-order valence-electron chi connectivity index (χ0n) is 14.4. The number of nitrogens with zero attached hydrogens (tertiary/aromatic N) is 3. The summed E-state index contributed by atoms with van der Waals surface area (Å²) in [5.74, 6) is 0.990. The first-order valence-corrected chi connectivity index (χ1v) is 9.96. The quantitative estimate of drug-likeness (QED) is 0.739. The van der Waals surface area contributed by atoms with Gasteiger partial charge in [-0.3, -0.25) is 4.90 Å². The van der Waals surface area contributed by atoms with Crippen LogP contribution in [0.25, 0.3) is 0 Å². The molecule has 6 heteroatoms. The third kappa shape index (κ3) is 4.10. The van der Waals surface area contributed by atoms with Crippen molar-refractivity contribution < 1.29 is 4.74 Å². The molecule has 1 aromatic carbocycles. The van der Waals surface area contributed by atoms with Crippen LogP contribution in [0.15, 0.2) is 34.2 Å². The van der Waals surface area contributed by atoms with Crippen molar-refractivity contribution in [3.05, 3.63) is 39.8 Å². The predicted molar refractivity (Wildman–Crippen MR) is 104 cm³/mol. The topological polar surface area (TPSA) is 28.6 Å². The number of para-hydroxylation sites is 1. The molecular formula is C18H24BrN3OS. The molecule has 2 atom stereocenters. The molecule has 0 saturated carbocycles. The maximum absolute atomic E-state index is 5.98. The van der Waals surface area contributed by atoms with Crippen molar-refractivity contribution in [1.29, 1.82) is 0 Å². The van der Waals surface area contributed by atoms with Crippen molar-refractivity contribution >= 4 is 32.4 Å². The number of ether oxygens (including phenoxy) is 1. The van der Waals surface area contributed by atoms with Crippen molar-refractivity contribution in [2.45, 2.75) is 32.9 Å². The van der Waals surface area contributed by atoms with E-state index in [0.717, 1.165) is 40.9 Å². The molecule has 0 amide bonds. The molecule has 24 heavy (non-hydrogen) atoms. The predicted octanol–water partition coefficient (Wildman–Crippen LogP) is 4.19. The molecular weight excluding hydrogens is 386 g/mol. The summed E-state index contributed by atoms with van der Waals surface area (Å²) in [4.78, 5) is 9.43. The summed E-state index contributed by atoms with van der Waals surface area (Å²) in [6.07, 6.45) is 1.89. The summed E-state index contributed by atoms with van der Waals surface area (Å²) in [7, 11) is 0. The highest BCUT2D eigenvalue weighted by molar-refractivity contribution is 9.11. The third-order valence-electron chi connectivity index (χ3n) is 4.54. The summed E-state index contributed by atoms with van der Waals surface area (Å²) in [6, 6.07) is 9.17. The Kier molecular flexibility index (Phi) is 5.79. The number of anilines is 1. The molecule has 4 nitrogen and oxygen atoms in total. The van der Waals surface area contributed by atoms with Gasteiger partial charge in [-0.25, -0.2) is 4.98 Å². The second-order valence-corrected chi connectivity index (χ2v) is 8.79. The number of hydrogen-bond acceptors (Lipinski definition) is 5. The zero-order chi connectivity index (χ0) is 17.1. The highest BCUT2D eigenvalue weighted by atomic mass is 79.9. The molecule has 1 aromatic heterocycles. The van der Waals surface area contributed by atoms with Gasteiger partial charge in [-0.2, -0.15) is 0 Å². The Labute approximate surface area is 156 Å². The number of aromatic nitrogens is 1. The minimum absolute atomic E-state index is 0.483. The van der Waals surface area contributed by atoms with Crippen LogP contribution in [0.1, 0.15) is 19.4 Å². The van der Waals surface area contributed by atoms with Gasteiger partial charge < -0.3 is 9.64 Å². The third-order valence-corrected chi connectivity index (χ3v) is 6.07. The molecule has 1 aliphatic heterocycles. The summed E-state index contributed by atoms with van der Waals surface area (Å²) in [5, 5.41) is 1.11. The van der Waals surface area contributed by atoms with E-state index in [1.807, 2.05) is 24.4 Å². The molecule has 0 radical (unpaired) electrons. The van der Waals surface area contributed by atoms with E-state index in [1.165, 1.54) is 5.56 Å². The molecule has 1 saturated heterocycles. The van der Waals surface area contributed by atoms with Gasteiger partial charge >= 0.3 is 0 Å². The molecule has 0 N–H and O–H groups in total.